The second-order valence-electron chi connectivity index (χ2n) is 3.26. The molecule has 1 nitrogen and oxygen atoms in total. The number of aliphatic hydroxyl groups is 1. The van der Waals surface area contributed by atoms with E-state index in [1.54, 1.807) is 0 Å². The number of rotatable bonds is 7. The summed E-state index contributed by atoms with van der Waals surface area (Å²) in [5.41, 5.74) is 0. The van der Waals surface area contributed by atoms with E-state index >= 15 is 0 Å². The average molecular weight is 198 g/mol. The summed E-state index contributed by atoms with van der Waals surface area (Å²) in [5, 5.41) is 7.98. The van der Waals surface area contributed by atoms with E-state index in [4.69, 9.17) is 5.11 Å². The molecule has 0 fully saturated rings. The summed E-state index contributed by atoms with van der Waals surface area (Å²) in [6.45, 7) is 2.04. The zero-order valence-electron chi connectivity index (χ0n) is 7.90. The topological polar surface area (TPSA) is 20.2 Å². The molecule has 0 aliphatic heterocycles. The van der Waals surface area contributed by atoms with Gasteiger partial charge in [-0.05, 0) is 6.42 Å². The van der Waals surface area contributed by atoms with Crippen molar-refractivity contribution < 1.29 is 18.3 Å². The lowest BCUT2D eigenvalue weighted by atomic mass is 10.1. The van der Waals surface area contributed by atoms with Gasteiger partial charge in [-0.2, -0.15) is 8.78 Å². The van der Waals surface area contributed by atoms with E-state index in [1.165, 1.54) is 0 Å². The smallest absolute Gasteiger partial charge is 0.334 e. The number of alkyl halides is 3. The predicted molar refractivity (Wildman–Crippen MR) is 45.4 cm³/mol. The van der Waals surface area contributed by atoms with E-state index in [1.807, 2.05) is 6.92 Å². The lowest BCUT2D eigenvalue weighted by Crippen LogP contribution is -2.29. The Kier molecular flexibility index (Phi) is 6.12. The highest BCUT2D eigenvalue weighted by Crippen LogP contribution is 2.22. The van der Waals surface area contributed by atoms with Crippen LogP contribution in [0.3, 0.4) is 0 Å². The normalized spacial score (nSPS) is 14.5. The molecule has 0 aromatic carbocycles. The first-order chi connectivity index (χ1) is 5.98. The Morgan fingerprint density at radius 2 is 1.69 bits per heavy atom. The van der Waals surface area contributed by atoms with Gasteiger partial charge in [0.2, 0.25) is 0 Å². The Balaban J connectivity index is 3.32. The molecule has 80 valence electrons. The third kappa shape index (κ3) is 6.87. The first kappa shape index (κ1) is 12.8. The standard InChI is InChI=1S/C9H17F3O/c1-2-3-4-5-6-7-8(10)9(11,12)13/h8,13H,2-7H2,1H3/t8-/m1/s1. The largest absolute Gasteiger partial charge is 0.384 e. The Morgan fingerprint density at radius 3 is 2.15 bits per heavy atom. The maximum atomic E-state index is 12.4. The van der Waals surface area contributed by atoms with Crippen molar-refractivity contribution in [2.45, 2.75) is 57.7 Å². The van der Waals surface area contributed by atoms with Gasteiger partial charge in [0.05, 0.1) is 0 Å². The number of hydrogen-bond donors (Lipinski definition) is 1. The van der Waals surface area contributed by atoms with Crippen molar-refractivity contribution in [1.29, 1.82) is 0 Å². The molecule has 13 heavy (non-hydrogen) atoms. The van der Waals surface area contributed by atoms with Crippen molar-refractivity contribution in [2.75, 3.05) is 0 Å². The minimum atomic E-state index is -4.16. The second kappa shape index (κ2) is 6.24. The molecule has 0 aliphatic carbocycles. The zero-order chi connectivity index (χ0) is 10.3. The predicted octanol–water partition coefficient (Wildman–Crippen LogP) is 3.27. The summed E-state index contributed by atoms with van der Waals surface area (Å²) in [6, 6.07) is 0. The van der Waals surface area contributed by atoms with Crippen LogP contribution in [0.2, 0.25) is 0 Å². The fraction of sp³-hybridized carbons (Fsp3) is 1.00. The number of unbranched alkanes of at least 4 members (excludes halogenated alkanes) is 4. The van der Waals surface area contributed by atoms with Gasteiger partial charge in [0.15, 0.2) is 6.17 Å². The van der Waals surface area contributed by atoms with Crippen LogP contribution in [0, 0.1) is 0 Å². The molecule has 0 unspecified atom stereocenters. The van der Waals surface area contributed by atoms with Crippen LogP contribution in [0.15, 0.2) is 0 Å². The third-order valence-electron chi connectivity index (χ3n) is 1.94. The third-order valence-corrected chi connectivity index (χ3v) is 1.94. The monoisotopic (exact) mass is 198 g/mol. The summed E-state index contributed by atoms with van der Waals surface area (Å²) in [5.74, 6) is 0. The molecule has 0 rings (SSSR count). The first-order valence-electron chi connectivity index (χ1n) is 4.72. The number of hydrogen-bond acceptors (Lipinski definition) is 1. The van der Waals surface area contributed by atoms with E-state index < -0.39 is 12.3 Å². The van der Waals surface area contributed by atoms with E-state index in [9.17, 15) is 13.2 Å². The molecule has 1 atom stereocenters. The van der Waals surface area contributed by atoms with Gasteiger partial charge in [0, 0.05) is 0 Å². The maximum Gasteiger partial charge on any atom is 0.384 e. The average Bonchev–Trinajstić information content (AvgIpc) is 2.02. The van der Waals surface area contributed by atoms with Crippen molar-refractivity contribution in [3.63, 3.8) is 0 Å². The fourth-order valence-electron chi connectivity index (χ4n) is 1.10. The molecule has 0 radical (unpaired) electrons. The highest BCUT2D eigenvalue weighted by molar-refractivity contribution is 4.64. The van der Waals surface area contributed by atoms with Crippen LogP contribution in [0.4, 0.5) is 13.2 Å². The van der Waals surface area contributed by atoms with Crippen molar-refractivity contribution in [1.82, 2.24) is 0 Å². The van der Waals surface area contributed by atoms with Gasteiger partial charge in [-0.1, -0.05) is 39.0 Å². The molecule has 1 N–H and O–H groups in total. The molecule has 0 bridgehead atoms. The van der Waals surface area contributed by atoms with Gasteiger partial charge in [-0.15, -0.1) is 0 Å². The van der Waals surface area contributed by atoms with Crippen LogP contribution in [0.5, 0.6) is 0 Å². The van der Waals surface area contributed by atoms with Crippen LogP contribution >= 0.6 is 0 Å². The Labute approximate surface area is 76.9 Å². The molecule has 0 saturated carbocycles. The molecule has 4 heteroatoms. The molecule has 0 aromatic heterocycles. The van der Waals surface area contributed by atoms with Gasteiger partial charge < -0.3 is 5.11 Å². The first-order valence-corrected chi connectivity index (χ1v) is 4.72. The Hall–Kier alpha value is -0.250. The highest BCUT2D eigenvalue weighted by Gasteiger charge is 2.36. The summed E-state index contributed by atoms with van der Waals surface area (Å²) in [4.78, 5) is 0. The Morgan fingerprint density at radius 1 is 1.15 bits per heavy atom. The quantitative estimate of drug-likeness (QED) is 0.622. The highest BCUT2D eigenvalue weighted by atomic mass is 19.3. The molecule has 0 amide bonds. The van der Waals surface area contributed by atoms with Crippen LogP contribution < -0.4 is 0 Å². The SMILES string of the molecule is CCCCCCC[C@@H](F)C(O)(F)F. The molecule has 0 heterocycles. The summed E-state index contributed by atoms with van der Waals surface area (Å²) >= 11 is 0. The number of halogens is 3. The minimum absolute atomic E-state index is 0.257. The van der Waals surface area contributed by atoms with Crippen LogP contribution in [-0.2, 0) is 0 Å². The van der Waals surface area contributed by atoms with E-state index in [0.29, 0.717) is 6.42 Å². The second-order valence-corrected chi connectivity index (χ2v) is 3.26. The van der Waals surface area contributed by atoms with Gasteiger partial charge in [-0.25, -0.2) is 4.39 Å². The molecular weight excluding hydrogens is 181 g/mol. The lowest BCUT2D eigenvalue weighted by Gasteiger charge is -2.13. The van der Waals surface area contributed by atoms with Gasteiger partial charge in [0.25, 0.3) is 0 Å². The van der Waals surface area contributed by atoms with E-state index in [-0.39, 0.29) is 6.42 Å². The molecule has 0 saturated heterocycles. The van der Waals surface area contributed by atoms with Gasteiger partial charge in [0.1, 0.15) is 0 Å². The van der Waals surface area contributed by atoms with E-state index in [0.717, 1.165) is 25.7 Å². The molecule has 0 aromatic rings. The van der Waals surface area contributed by atoms with Crippen molar-refractivity contribution in [3.8, 4) is 0 Å². The molecule has 0 spiro atoms. The summed E-state index contributed by atoms with van der Waals surface area (Å²) < 4.78 is 36.2. The van der Waals surface area contributed by atoms with E-state index in [2.05, 4.69) is 0 Å². The zero-order valence-corrected chi connectivity index (χ0v) is 7.90. The molecular formula is C9H17F3O. The minimum Gasteiger partial charge on any atom is -0.334 e. The maximum absolute atomic E-state index is 12.4. The van der Waals surface area contributed by atoms with Gasteiger partial charge in [-0.3, -0.25) is 0 Å². The van der Waals surface area contributed by atoms with Gasteiger partial charge >= 0.3 is 6.11 Å². The molecule has 0 aliphatic rings. The van der Waals surface area contributed by atoms with Crippen molar-refractivity contribution in [2.24, 2.45) is 0 Å². The fourth-order valence-corrected chi connectivity index (χ4v) is 1.10. The van der Waals surface area contributed by atoms with Crippen LogP contribution in [0.1, 0.15) is 45.4 Å². The van der Waals surface area contributed by atoms with Crippen LogP contribution in [-0.4, -0.2) is 17.4 Å². The van der Waals surface area contributed by atoms with Crippen molar-refractivity contribution in [3.05, 3.63) is 0 Å². The van der Waals surface area contributed by atoms with Crippen molar-refractivity contribution >= 4 is 0 Å². The van der Waals surface area contributed by atoms with Crippen LogP contribution in [0.25, 0.3) is 0 Å². The Bertz CT molecular complexity index is 123. The lowest BCUT2D eigenvalue weighted by molar-refractivity contribution is -0.241. The summed E-state index contributed by atoms with van der Waals surface area (Å²) in [6.07, 6.45) is -2.60. The summed E-state index contributed by atoms with van der Waals surface area (Å²) in [7, 11) is 0.